The van der Waals surface area contributed by atoms with Crippen molar-refractivity contribution in [2.75, 3.05) is 19.0 Å². The van der Waals surface area contributed by atoms with Crippen LogP contribution in [0, 0.1) is 11.3 Å². The molecule has 2 heterocycles. The Morgan fingerprint density at radius 3 is 2.35 bits per heavy atom. The van der Waals surface area contributed by atoms with Crippen molar-refractivity contribution in [2.24, 2.45) is 4.36 Å². The molecule has 31 heavy (non-hydrogen) atoms. The van der Waals surface area contributed by atoms with Crippen molar-refractivity contribution in [1.82, 2.24) is 15.1 Å². The fourth-order valence-electron chi connectivity index (χ4n) is 2.94. The van der Waals surface area contributed by atoms with Gasteiger partial charge in [0.1, 0.15) is 5.69 Å². The molecule has 154 valence electrons. The molecule has 2 aromatic carbocycles. The van der Waals surface area contributed by atoms with Gasteiger partial charge < -0.3 is 10.3 Å². The minimum Gasteiger partial charge on any atom is -0.382 e. The molecule has 0 spiro atoms. The highest BCUT2D eigenvalue weighted by atomic mass is 32.2. The van der Waals surface area contributed by atoms with E-state index in [9.17, 15) is 4.21 Å². The number of benzene rings is 2. The van der Waals surface area contributed by atoms with Crippen LogP contribution in [0.15, 0.2) is 74.6 Å². The molecule has 0 saturated carbocycles. The van der Waals surface area contributed by atoms with Crippen molar-refractivity contribution in [3.8, 4) is 40.0 Å². The number of hydrogen-bond acceptors (Lipinski definition) is 8. The Labute approximate surface area is 179 Å². The van der Waals surface area contributed by atoms with E-state index in [1.807, 2.05) is 12.1 Å². The van der Waals surface area contributed by atoms with Gasteiger partial charge in [0.25, 0.3) is 0 Å². The molecule has 1 atom stereocenters. The van der Waals surface area contributed by atoms with E-state index < -0.39 is 9.73 Å². The van der Waals surface area contributed by atoms with E-state index in [0.29, 0.717) is 33.3 Å². The number of nitrogens with zero attached hydrogens (tertiary/aromatic N) is 5. The van der Waals surface area contributed by atoms with Crippen molar-refractivity contribution in [3.05, 3.63) is 66.4 Å². The molecular weight excluding hydrogens is 412 g/mol. The minimum absolute atomic E-state index is 0.212. The lowest BCUT2D eigenvalue weighted by Crippen LogP contribution is -1.99. The summed E-state index contributed by atoms with van der Waals surface area (Å²) >= 11 is 0. The number of rotatable bonds is 4. The number of nitrogens with two attached hydrogens (primary N) is 1. The van der Waals surface area contributed by atoms with Crippen LogP contribution in [-0.2, 0) is 9.73 Å². The molecular formula is C22H18N6O2S. The highest BCUT2D eigenvalue weighted by Gasteiger charge is 2.16. The normalized spacial score (nSPS) is 12.7. The van der Waals surface area contributed by atoms with Crippen LogP contribution in [0.2, 0.25) is 0 Å². The number of nitrogen functional groups attached to an aromatic ring is 1. The summed E-state index contributed by atoms with van der Waals surface area (Å²) < 4.78 is 21.8. The van der Waals surface area contributed by atoms with E-state index in [2.05, 4.69) is 25.6 Å². The molecule has 9 heteroatoms. The molecule has 4 aromatic rings. The van der Waals surface area contributed by atoms with Crippen molar-refractivity contribution in [1.29, 1.82) is 5.26 Å². The van der Waals surface area contributed by atoms with Crippen molar-refractivity contribution in [2.45, 2.75) is 4.90 Å². The van der Waals surface area contributed by atoms with Crippen LogP contribution in [0.1, 0.15) is 5.56 Å². The van der Waals surface area contributed by atoms with Gasteiger partial charge in [0.2, 0.25) is 0 Å². The van der Waals surface area contributed by atoms with E-state index in [0.717, 1.165) is 11.1 Å². The van der Waals surface area contributed by atoms with Gasteiger partial charge in [0.15, 0.2) is 17.3 Å². The summed E-state index contributed by atoms with van der Waals surface area (Å²) in [6.07, 6.45) is 3.16. The number of anilines is 1. The van der Waals surface area contributed by atoms with Gasteiger partial charge in [-0.1, -0.05) is 29.4 Å². The van der Waals surface area contributed by atoms with E-state index in [1.165, 1.54) is 7.05 Å². The smallest absolute Gasteiger partial charge is 0.189 e. The highest BCUT2D eigenvalue weighted by Crippen LogP contribution is 2.30. The summed E-state index contributed by atoms with van der Waals surface area (Å²) in [5.74, 6) is 0.591. The summed E-state index contributed by atoms with van der Waals surface area (Å²) in [5, 5.41) is 13.0. The Morgan fingerprint density at radius 1 is 1.06 bits per heavy atom. The van der Waals surface area contributed by atoms with Gasteiger partial charge in [-0.05, 0) is 24.3 Å². The molecule has 0 bridgehead atoms. The number of nitriles is 1. The second-order valence-electron chi connectivity index (χ2n) is 6.76. The topological polar surface area (TPSA) is 131 Å². The Morgan fingerprint density at radius 2 is 1.71 bits per heavy atom. The van der Waals surface area contributed by atoms with Crippen LogP contribution < -0.4 is 5.73 Å². The molecule has 0 amide bonds. The van der Waals surface area contributed by atoms with Crippen LogP contribution >= 0.6 is 0 Å². The maximum Gasteiger partial charge on any atom is 0.189 e. The third-order valence-electron chi connectivity index (χ3n) is 4.79. The predicted molar refractivity (Wildman–Crippen MR) is 118 cm³/mol. The lowest BCUT2D eigenvalue weighted by atomic mass is 10.1. The molecule has 0 radical (unpaired) electrons. The Balaban J connectivity index is 1.68. The zero-order valence-corrected chi connectivity index (χ0v) is 17.6. The third kappa shape index (κ3) is 4.01. The molecule has 2 N–H and O–H groups in total. The van der Waals surface area contributed by atoms with E-state index in [4.69, 9.17) is 15.5 Å². The average molecular weight is 430 g/mol. The van der Waals surface area contributed by atoms with Crippen LogP contribution in [0.3, 0.4) is 0 Å². The number of aromatic nitrogens is 3. The van der Waals surface area contributed by atoms with Crippen molar-refractivity contribution < 1.29 is 8.73 Å². The summed E-state index contributed by atoms with van der Waals surface area (Å²) in [4.78, 5) is 9.48. The lowest BCUT2D eigenvalue weighted by Gasteiger charge is -2.07. The average Bonchev–Trinajstić information content (AvgIpc) is 3.29. The molecule has 1 unspecified atom stereocenters. The van der Waals surface area contributed by atoms with Gasteiger partial charge in [0.05, 0.1) is 33.3 Å². The van der Waals surface area contributed by atoms with Crippen LogP contribution in [0.5, 0.6) is 0 Å². The van der Waals surface area contributed by atoms with Crippen molar-refractivity contribution in [3.63, 3.8) is 0 Å². The predicted octanol–water partition coefficient (Wildman–Crippen LogP) is 4.01. The minimum atomic E-state index is -2.41. The monoisotopic (exact) mass is 430 g/mol. The molecule has 0 saturated heterocycles. The first-order chi connectivity index (χ1) is 14.9. The SMILES string of the molecule is CN=S(C)(=O)c1ccc(-c2cnc(N)c(-c3cc(-c4ccc(C#N)cc4)no3)n2)cc1. The molecule has 0 aliphatic carbocycles. The van der Waals surface area contributed by atoms with Crippen LogP contribution in [0.25, 0.3) is 34.0 Å². The fourth-order valence-corrected chi connectivity index (χ4v) is 3.79. The summed E-state index contributed by atoms with van der Waals surface area (Å²) in [7, 11) is -0.866. The Bertz CT molecular complexity index is 1410. The second kappa shape index (κ2) is 8.01. The van der Waals surface area contributed by atoms with Crippen molar-refractivity contribution >= 4 is 15.5 Å². The Kier molecular flexibility index (Phi) is 5.23. The third-order valence-corrected chi connectivity index (χ3v) is 6.63. The van der Waals surface area contributed by atoms with Gasteiger partial charge in [0, 0.05) is 35.4 Å². The summed E-state index contributed by atoms with van der Waals surface area (Å²) in [6, 6.07) is 18.0. The maximum absolute atomic E-state index is 12.4. The maximum atomic E-state index is 12.4. The van der Waals surface area contributed by atoms with Crippen LogP contribution in [0.4, 0.5) is 5.82 Å². The first-order valence-corrected chi connectivity index (χ1v) is 11.1. The standard InChI is InChI=1S/C22H18N6O2S/c1-25-31(2,29)17-9-7-16(8-10-17)19-13-26-22(24)21(27-19)20-11-18(28-30-20)15-5-3-14(12-23)4-6-15/h3-11,13H,1-2H3,(H2,24,26). The molecule has 8 nitrogen and oxygen atoms in total. The Hall–Kier alpha value is -4.03. The zero-order chi connectivity index (χ0) is 22.0. The molecule has 2 aromatic heterocycles. The first-order valence-electron chi connectivity index (χ1n) is 9.22. The zero-order valence-electron chi connectivity index (χ0n) is 16.8. The van der Waals surface area contributed by atoms with E-state index in [1.54, 1.807) is 54.9 Å². The quantitative estimate of drug-likeness (QED) is 0.517. The highest BCUT2D eigenvalue weighted by molar-refractivity contribution is 7.93. The van der Waals surface area contributed by atoms with Gasteiger partial charge >= 0.3 is 0 Å². The largest absolute Gasteiger partial charge is 0.382 e. The molecule has 0 fully saturated rings. The van der Waals surface area contributed by atoms with E-state index >= 15 is 0 Å². The fraction of sp³-hybridized carbons (Fsp3) is 0.0909. The van der Waals surface area contributed by atoms with Gasteiger partial charge in [-0.2, -0.15) is 5.26 Å². The molecule has 0 aliphatic heterocycles. The number of hydrogen-bond donors (Lipinski definition) is 1. The van der Waals surface area contributed by atoms with Gasteiger partial charge in [-0.3, -0.25) is 0 Å². The second-order valence-corrected chi connectivity index (χ2v) is 9.21. The summed E-state index contributed by atoms with van der Waals surface area (Å²) in [5.41, 5.74) is 9.74. The molecule has 0 aliphatic rings. The molecule has 4 rings (SSSR count). The van der Waals surface area contributed by atoms with Gasteiger partial charge in [-0.25, -0.2) is 18.5 Å². The van der Waals surface area contributed by atoms with E-state index in [-0.39, 0.29) is 5.82 Å². The first kappa shape index (κ1) is 20.3. The van der Waals surface area contributed by atoms with Crippen LogP contribution in [-0.4, -0.2) is 32.6 Å². The van der Waals surface area contributed by atoms with Gasteiger partial charge in [-0.15, -0.1) is 0 Å². The summed E-state index contributed by atoms with van der Waals surface area (Å²) in [6.45, 7) is 0. The lowest BCUT2D eigenvalue weighted by molar-refractivity contribution is 0.434.